The molecule has 2 aromatic rings. The van der Waals surface area contributed by atoms with Gasteiger partial charge in [0, 0.05) is 37.4 Å². The predicted molar refractivity (Wildman–Crippen MR) is 85.4 cm³/mol. The van der Waals surface area contributed by atoms with Gasteiger partial charge in [-0.15, -0.1) is 0 Å². The van der Waals surface area contributed by atoms with Crippen LogP contribution < -0.4 is 10.5 Å². The molecule has 0 saturated carbocycles. The smallest absolute Gasteiger partial charge is 0.263 e. The van der Waals surface area contributed by atoms with Crippen LogP contribution in [0, 0.1) is 0 Å². The lowest BCUT2D eigenvalue weighted by Crippen LogP contribution is -2.12. The number of aryl methyl sites for hydroxylation is 1. The van der Waals surface area contributed by atoms with Gasteiger partial charge in [0.2, 0.25) is 0 Å². The van der Waals surface area contributed by atoms with Gasteiger partial charge >= 0.3 is 0 Å². The Labute approximate surface area is 132 Å². The number of sulfonamides is 1. The van der Waals surface area contributed by atoms with Gasteiger partial charge in [0.05, 0.1) is 10.2 Å². The van der Waals surface area contributed by atoms with E-state index in [1.807, 2.05) is 11.5 Å². The molecule has 8 heteroatoms. The quantitative estimate of drug-likeness (QED) is 0.813. The van der Waals surface area contributed by atoms with Crippen molar-refractivity contribution in [2.75, 3.05) is 4.72 Å². The van der Waals surface area contributed by atoms with Gasteiger partial charge in [0.1, 0.15) is 4.90 Å². The van der Waals surface area contributed by atoms with Crippen LogP contribution in [0.25, 0.3) is 0 Å². The van der Waals surface area contributed by atoms with E-state index < -0.39 is 10.0 Å². The van der Waals surface area contributed by atoms with Crippen molar-refractivity contribution in [1.29, 1.82) is 0 Å². The van der Waals surface area contributed by atoms with Gasteiger partial charge in [0.25, 0.3) is 10.0 Å². The number of aromatic nitrogens is 2. The number of hydrogen-bond donors (Lipinski definition) is 2. The zero-order chi connectivity index (χ0) is 15.5. The highest BCUT2D eigenvalue weighted by atomic mass is 79.9. The fourth-order valence-corrected chi connectivity index (χ4v) is 3.58. The Hall–Kier alpha value is -1.38. The van der Waals surface area contributed by atoms with Crippen molar-refractivity contribution in [2.45, 2.75) is 31.3 Å². The number of anilines is 1. The lowest BCUT2D eigenvalue weighted by atomic mass is 10.4. The SMILES string of the molecule is CCCn1cc(S(=O)(=O)Nc2ccncc2Br)cc1CN. The molecule has 0 bridgehead atoms. The molecule has 0 amide bonds. The summed E-state index contributed by atoms with van der Waals surface area (Å²) in [6.45, 7) is 3.07. The first-order chi connectivity index (χ1) is 9.97. The second-order valence-electron chi connectivity index (χ2n) is 4.53. The summed E-state index contributed by atoms with van der Waals surface area (Å²) in [7, 11) is -3.65. The Balaban J connectivity index is 2.34. The Morgan fingerprint density at radius 3 is 2.86 bits per heavy atom. The third kappa shape index (κ3) is 3.63. The van der Waals surface area contributed by atoms with Gasteiger partial charge in [-0.25, -0.2) is 8.42 Å². The van der Waals surface area contributed by atoms with E-state index in [1.165, 1.54) is 12.4 Å². The van der Waals surface area contributed by atoms with Crippen LogP contribution in [-0.4, -0.2) is 18.0 Å². The normalized spacial score (nSPS) is 11.6. The molecule has 0 unspecified atom stereocenters. The average molecular weight is 373 g/mol. The van der Waals surface area contributed by atoms with E-state index in [-0.39, 0.29) is 4.90 Å². The van der Waals surface area contributed by atoms with Crippen LogP contribution in [-0.2, 0) is 23.1 Å². The average Bonchev–Trinajstić information content (AvgIpc) is 2.86. The van der Waals surface area contributed by atoms with Crippen LogP contribution in [0.1, 0.15) is 19.0 Å². The molecule has 6 nitrogen and oxygen atoms in total. The number of pyridine rings is 1. The minimum absolute atomic E-state index is 0.208. The van der Waals surface area contributed by atoms with Gasteiger partial charge < -0.3 is 10.3 Å². The monoisotopic (exact) mass is 372 g/mol. The molecule has 2 aromatic heterocycles. The molecule has 0 atom stereocenters. The molecule has 0 aliphatic carbocycles. The second kappa shape index (κ2) is 6.59. The number of hydrogen-bond acceptors (Lipinski definition) is 4. The number of nitrogens with zero attached hydrogens (tertiary/aromatic N) is 2. The fourth-order valence-electron chi connectivity index (χ4n) is 1.95. The summed E-state index contributed by atoms with van der Waals surface area (Å²) in [6.07, 6.45) is 5.58. The first-order valence-corrected chi connectivity index (χ1v) is 8.77. The van der Waals surface area contributed by atoms with Crippen LogP contribution in [0.5, 0.6) is 0 Å². The van der Waals surface area contributed by atoms with Crippen LogP contribution in [0.2, 0.25) is 0 Å². The van der Waals surface area contributed by atoms with Crippen molar-refractivity contribution in [2.24, 2.45) is 5.73 Å². The molecular weight excluding hydrogens is 356 g/mol. The summed E-state index contributed by atoms with van der Waals surface area (Å²) in [6, 6.07) is 3.20. The molecule has 0 saturated heterocycles. The van der Waals surface area contributed by atoms with Gasteiger partial charge in [-0.2, -0.15) is 0 Å². The summed E-state index contributed by atoms with van der Waals surface area (Å²) in [5, 5.41) is 0. The molecule has 0 spiro atoms. The van der Waals surface area contributed by atoms with Crippen LogP contribution in [0.4, 0.5) is 5.69 Å². The minimum atomic E-state index is -3.65. The summed E-state index contributed by atoms with van der Waals surface area (Å²) >= 11 is 3.27. The molecular formula is C13H17BrN4O2S. The van der Waals surface area contributed by atoms with E-state index in [4.69, 9.17) is 5.73 Å². The number of nitrogens with one attached hydrogen (secondary N) is 1. The Kier molecular flexibility index (Phi) is 5.02. The third-order valence-corrected chi connectivity index (χ3v) is 4.93. The summed E-state index contributed by atoms with van der Waals surface area (Å²) < 4.78 is 29.9. The van der Waals surface area contributed by atoms with E-state index in [0.29, 0.717) is 16.7 Å². The van der Waals surface area contributed by atoms with Gasteiger partial charge in [-0.05, 0) is 34.5 Å². The standard InChI is InChI=1S/C13H17BrN4O2S/c1-2-5-18-9-11(6-10(18)7-15)21(19,20)17-13-3-4-16-8-12(13)14/h3-4,6,8-9H,2,5,7,15H2,1H3,(H,16,17). The molecule has 21 heavy (non-hydrogen) atoms. The van der Waals surface area contributed by atoms with Crippen LogP contribution in [0.15, 0.2) is 40.1 Å². The Bertz CT molecular complexity index is 728. The lowest BCUT2D eigenvalue weighted by molar-refractivity contribution is 0.600. The van der Waals surface area contributed by atoms with Crippen molar-refractivity contribution in [3.63, 3.8) is 0 Å². The van der Waals surface area contributed by atoms with Crippen molar-refractivity contribution >= 4 is 31.6 Å². The molecule has 0 aliphatic heterocycles. The molecule has 0 radical (unpaired) electrons. The zero-order valence-corrected chi connectivity index (χ0v) is 14.0. The van der Waals surface area contributed by atoms with Crippen LogP contribution >= 0.6 is 15.9 Å². The number of rotatable bonds is 6. The molecule has 3 N–H and O–H groups in total. The topological polar surface area (TPSA) is 90.0 Å². The first-order valence-electron chi connectivity index (χ1n) is 6.49. The lowest BCUT2D eigenvalue weighted by Gasteiger charge is -2.07. The maximum absolute atomic E-state index is 12.4. The number of halogens is 1. The molecule has 0 aromatic carbocycles. The van der Waals surface area contributed by atoms with Crippen molar-refractivity contribution < 1.29 is 8.42 Å². The predicted octanol–water partition coefficient (Wildman–Crippen LogP) is 2.32. The molecule has 0 aliphatic rings. The highest BCUT2D eigenvalue weighted by Gasteiger charge is 2.19. The third-order valence-electron chi connectivity index (χ3n) is 2.96. The second-order valence-corrected chi connectivity index (χ2v) is 7.06. The summed E-state index contributed by atoms with van der Waals surface area (Å²) in [5.41, 5.74) is 6.91. The zero-order valence-electron chi connectivity index (χ0n) is 11.6. The van der Waals surface area contributed by atoms with Gasteiger partial charge in [0.15, 0.2) is 0 Å². The minimum Gasteiger partial charge on any atom is -0.349 e. The highest BCUT2D eigenvalue weighted by molar-refractivity contribution is 9.10. The molecule has 114 valence electrons. The molecule has 0 fully saturated rings. The Morgan fingerprint density at radius 2 is 2.24 bits per heavy atom. The van der Waals surface area contributed by atoms with Crippen LogP contribution in [0.3, 0.4) is 0 Å². The molecule has 2 rings (SSSR count). The van der Waals surface area contributed by atoms with E-state index in [2.05, 4.69) is 25.6 Å². The fraction of sp³-hybridized carbons (Fsp3) is 0.308. The van der Waals surface area contributed by atoms with E-state index in [9.17, 15) is 8.42 Å². The van der Waals surface area contributed by atoms with Gasteiger partial charge in [-0.3, -0.25) is 9.71 Å². The van der Waals surface area contributed by atoms with E-state index in [0.717, 1.165) is 18.7 Å². The Morgan fingerprint density at radius 1 is 1.48 bits per heavy atom. The van der Waals surface area contributed by atoms with Crippen molar-refractivity contribution in [3.8, 4) is 0 Å². The largest absolute Gasteiger partial charge is 0.349 e. The summed E-state index contributed by atoms with van der Waals surface area (Å²) in [5.74, 6) is 0. The van der Waals surface area contributed by atoms with Crippen molar-refractivity contribution in [3.05, 3.63) is 40.9 Å². The maximum Gasteiger partial charge on any atom is 0.263 e. The summed E-state index contributed by atoms with van der Waals surface area (Å²) in [4.78, 5) is 4.11. The maximum atomic E-state index is 12.4. The van der Waals surface area contributed by atoms with E-state index in [1.54, 1.807) is 18.3 Å². The number of nitrogens with two attached hydrogens (primary N) is 1. The molecule has 2 heterocycles. The first kappa shape index (κ1) is 16.0. The van der Waals surface area contributed by atoms with Gasteiger partial charge in [-0.1, -0.05) is 6.92 Å². The van der Waals surface area contributed by atoms with Crippen molar-refractivity contribution in [1.82, 2.24) is 9.55 Å². The highest BCUT2D eigenvalue weighted by Crippen LogP contribution is 2.24. The van der Waals surface area contributed by atoms with E-state index >= 15 is 0 Å².